The summed E-state index contributed by atoms with van der Waals surface area (Å²) in [7, 11) is 1.87. The Balaban J connectivity index is 2.24. The lowest BCUT2D eigenvalue weighted by molar-refractivity contribution is 0.646. The second kappa shape index (κ2) is 4.98. The molecule has 0 radical (unpaired) electrons. The van der Waals surface area contributed by atoms with Gasteiger partial charge >= 0.3 is 0 Å². The molecule has 92 valence electrons. The number of rotatable bonds is 3. The summed E-state index contributed by atoms with van der Waals surface area (Å²) in [5, 5.41) is 7.62. The van der Waals surface area contributed by atoms with Crippen molar-refractivity contribution in [2.45, 2.75) is 19.4 Å². The van der Waals surface area contributed by atoms with E-state index in [-0.39, 0.29) is 6.04 Å². The van der Waals surface area contributed by atoms with E-state index < -0.39 is 0 Å². The average Bonchev–Trinajstić information content (AvgIpc) is 2.78. The zero-order valence-electron chi connectivity index (χ0n) is 9.58. The van der Waals surface area contributed by atoms with Crippen molar-refractivity contribution in [1.29, 1.82) is 0 Å². The van der Waals surface area contributed by atoms with Crippen LogP contribution in [0.4, 0.5) is 0 Å². The summed E-state index contributed by atoms with van der Waals surface area (Å²) in [6, 6.07) is 1.71. The highest BCUT2D eigenvalue weighted by Crippen LogP contribution is 2.31. The molecule has 2 rings (SSSR count). The van der Waals surface area contributed by atoms with E-state index in [9.17, 15) is 0 Å². The third kappa shape index (κ3) is 2.50. The standard InChI is InChI=1S/C11H13Cl2N3S/c1-6-10(13)9(16(2)15-6)5-8(14)11-7(12)3-4-17-11/h3-4,8H,5,14H2,1-2H3. The van der Waals surface area contributed by atoms with Crippen LogP contribution in [0.3, 0.4) is 0 Å². The molecule has 1 unspecified atom stereocenters. The summed E-state index contributed by atoms with van der Waals surface area (Å²) in [6.45, 7) is 1.88. The summed E-state index contributed by atoms with van der Waals surface area (Å²) in [5.41, 5.74) is 7.92. The summed E-state index contributed by atoms with van der Waals surface area (Å²) in [4.78, 5) is 0.988. The Bertz CT molecular complexity index is 533. The van der Waals surface area contributed by atoms with Gasteiger partial charge < -0.3 is 5.73 Å². The number of nitrogens with two attached hydrogens (primary N) is 1. The maximum atomic E-state index is 6.19. The molecule has 17 heavy (non-hydrogen) atoms. The number of thiophene rings is 1. The minimum atomic E-state index is -0.144. The van der Waals surface area contributed by atoms with E-state index in [4.69, 9.17) is 28.9 Å². The molecule has 1 atom stereocenters. The lowest BCUT2D eigenvalue weighted by atomic mass is 10.1. The highest BCUT2D eigenvalue weighted by molar-refractivity contribution is 7.10. The Hall–Kier alpha value is -0.550. The summed E-state index contributed by atoms with van der Waals surface area (Å²) >= 11 is 13.8. The molecule has 0 fully saturated rings. The number of hydrogen-bond acceptors (Lipinski definition) is 3. The van der Waals surface area contributed by atoms with Crippen LogP contribution in [0.1, 0.15) is 22.3 Å². The lowest BCUT2D eigenvalue weighted by Gasteiger charge is -2.11. The maximum absolute atomic E-state index is 6.19. The van der Waals surface area contributed by atoms with Gasteiger partial charge in [0.25, 0.3) is 0 Å². The molecule has 0 amide bonds. The van der Waals surface area contributed by atoms with Gasteiger partial charge in [0.15, 0.2) is 0 Å². The molecule has 0 aromatic carbocycles. The zero-order valence-corrected chi connectivity index (χ0v) is 11.9. The molecule has 0 saturated carbocycles. The minimum Gasteiger partial charge on any atom is -0.323 e. The highest BCUT2D eigenvalue weighted by atomic mass is 35.5. The Labute approximate surface area is 114 Å². The van der Waals surface area contributed by atoms with Crippen LogP contribution in [0.5, 0.6) is 0 Å². The van der Waals surface area contributed by atoms with Gasteiger partial charge in [-0.2, -0.15) is 5.10 Å². The topological polar surface area (TPSA) is 43.8 Å². The van der Waals surface area contributed by atoms with Crippen LogP contribution in [-0.2, 0) is 13.5 Å². The van der Waals surface area contributed by atoms with Crippen LogP contribution < -0.4 is 5.73 Å². The van der Waals surface area contributed by atoms with Crippen LogP contribution in [0.15, 0.2) is 11.4 Å². The first kappa shape index (κ1) is 12.9. The normalized spacial score (nSPS) is 13.0. The first-order chi connectivity index (χ1) is 8.00. The Morgan fingerprint density at radius 3 is 2.71 bits per heavy atom. The fraction of sp³-hybridized carbons (Fsp3) is 0.364. The third-order valence-corrected chi connectivity index (χ3v) is 4.64. The first-order valence-electron chi connectivity index (χ1n) is 5.17. The van der Waals surface area contributed by atoms with Crippen molar-refractivity contribution in [2.24, 2.45) is 12.8 Å². The second-order valence-corrected chi connectivity index (χ2v) is 5.65. The van der Waals surface area contributed by atoms with Crippen LogP contribution in [0.25, 0.3) is 0 Å². The molecule has 2 N–H and O–H groups in total. The van der Waals surface area contributed by atoms with E-state index in [1.54, 1.807) is 16.0 Å². The van der Waals surface area contributed by atoms with E-state index >= 15 is 0 Å². The van der Waals surface area contributed by atoms with Gasteiger partial charge in [-0.05, 0) is 18.4 Å². The summed E-state index contributed by atoms with van der Waals surface area (Å²) in [5.74, 6) is 0. The summed E-state index contributed by atoms with van der Waals surface area (Å²) < 4.78 is 1.78. The van der Waals surface area contributed by atoms with E-state index in [2.05, 4.69) is 5.10 Å². The predicted molar refractivity (Wildman–Crippen MR) is 72.9 cm³/mol. The molecule has 0 saturated heterocycles. The van der Waals surface area contributed by atoms with Crippen molar-refractivity contribution >= 4 is 34.5 Å². The second-order valence-electron chi connectivity index (χ2n) is 3.91. The van der Waals surface area contributed by atoms with E-state index in [0.29, 0.717) is 11.4 Å². The molecule has 0 spiro atoms. The number of halogens is 2. The van der Waals surface area contributed by atoms with Gasteiger partial charge in [0, 0.05) is 24.4 Å². The number of nitrogens with zero attached hydrogens (tertiary/aromatic N) is 2. The average molecular weight is 290 g/mol. The van der Waals surface area contributed by atoms with Gasteiger partial charge in [0.1, 0.15) is 0 Å². The predicted octanol–water partition coefficient (Wildman–Crippen LogP) is 3.34. The molecule has 0 aliphatic rings. The van der Waals surface area contributed by atoms with Crippen molar-refractivity contribution in [3.8, 4) is 0 Å². The Morgan fingerprint density at radius 1 is 1.53 bits per heavy atom. The van der Waals surface area contributed by atoms with Crippen molar-refractivity contribution in [3.05, 3.63) is 37.8 Å². The fourth-order valence-electron chi connectivity index (χ4n) is 1.77. The molecule has 0 aliphatic carbocycles. The smallest absolute Gasteiger partial charge is 0.0847 e. The lowest BCUT2D eigenvalue weighted by Crippen LogP contribution is -2.14. The van der Waals surface area contributed by atoms with Gasteiger partial charge in [-0.15, -0.1) is 11.3 Å². The van der Waals surface area contributed by atoms with Gasteiger partial charge in [-0.3, -0.25) is 4.68 Å². The molecule has 3 nitrogen and oxygen atoms in total. The molecule has 2 aromatic heterocycles. The Kier molecular flexibility index (Phi) is 3.78. The minimum absolute atomic E-state index is 0.144. The number of aryl methyl sites for hydroxylation is 2. The van der Waals surface area contributed by atoms with Gasteiger partial charge in [-0.1, -0.05) is 23.2 Å². The zero-order chi connectivity index (χ0) is 12.6. The summed E-state index contributed by atoms with van der Waals surface area (Å²) in [6.07, 6.45) is 0.635. The van der Waals surface area contributed by atoms with Gasteiger partial charge in [0.2, 0.25) is 0 Å². The van der Waals surface area contributed by atoms with Crippen LogP contribution in [-0.4, -0.2) is 9.78 Å². The van der Waals surface area contributed by atoms with Crippen molar-refractivity contribution in [2.75, 3.05) is 0 Å². The van der Waals surface area contributed by atoms with Crippen molar-refractivity contribution in [3.63, 3.8) is 0 Å². The van der Waals surface area contributed by atoms with Gasteiger partial charge in [0.05, 0.1) is 21.4 Å². The van der Waals surface area contributed by atoms with E-state index in [1.807, 2.05) is 25.4 Å². The molecular formula is C11H13Cl2N3S. The largest absolute Gasteiger partial charge is 0.323 e. The number of aromatic nitrogens is 2. The molecule has 6 heteroatoms. The number of hydrogen-bond donors (Lipinski definition) is 1. The monoisotopic (exact) mass is 289 g/mol. The highest BCUT2D eigenvalue weighted by Gasteiger charge is 2.18. The first-order valence-corrected chi connectivity index (χ1v) is 6.80. The molecule has 0 bridgehead atoms. The Morgan fingerprint density at radius 2 is 2.24 bits per heavy atom. The van der Waals surface area contributed by atoms with E-state index in [1.165, 1.54) is 0 Å². The van der Waals surface area contributed by atoms with Crippen LogP contribution in [0, 0.1) is 6.92 Å². The molecule has 0 aliphatic heterocycles. The molecule has 2 heterocycles. The fourth-order valence-corrected chi connectivity index (χ4v) is 3.21. The van der Waals surface area contributed by atoms with Crippen molar-refractivity contribution in [1.82, 2.24) is 9.78 Å². The quantitative estimate of drug-likeness (QED) is 0.942. The molecular weight excluding hydrogens is 277 g/mol. The van der Waals surface area contributed by atoms with E-state index in [0.717, 1.165) is 21.3 Å². The maximum Gasteiger partial charge on any atom is 0.0847 e. The van der Waals surface area contributed by atoms with Crippen LogP contribution in [0.2, 0.25) is 10.0 Å². The van der Waals surface area contributed by atoms with Crippen LogP contribution >= 0.6 is 34.5 Å². The van der Waals surface area contributed by atoms with Crippen molar-refractivity contribution < 1.29 is 0 Å². The molecule has 2 aromatic rings. The third-order valence-electron chi connectivity index (χ3n) is 2.66. The van der Waals surface area contributed by atoms with Gasteiger partial charge in [-0.25, -0.2) is 0 Å². The SMILES string of the molecule is Cc1nn(C)c(CC(N)c2sccc2Cl)c1Cl.